The summed E-state index contributed by atoms with van der Waals surface area (Å²) < 4.78 is 7.68. The van der Waals surface area contributed by atoms with Gasteiger partial charge in [0, 0.05) is 32.3 Å². The van der Waals surface area contributed by atoms with E-state index in [-0.39, 0.29) is 18.0 Å². The van der Waals surface area contributed by atoms with E-state index < -0.39 is 0 Å². The quantitative estimate of drug-likeness (QED) is 0.617. The number of aromatic nitrogens is 4. The maximum Gasteiger partial charge on any atom is 0.229 e. The van der Waals surface area contributed by atoms with Gasteiger partial charge in [0.15, 0.2) is 5.65 Å². The Morgan fingerprint density at radius 2 is 1.97 bits per heavy atom. The van der Waals surface area contributed by atoms with Crippen LogP contribution in [-0.4, -0.2) is 57.3 Å². The fourth-order valence-corrected chi connectivity index (χ4v) is 5.03. The first-order valence-corrected chi connectivity index (χ1v) is 11.6. The summed E-state index contributed by atoms with van der Waals surface area (Å²) in [7, 11) is 3.83. The van der Waals surface area contributed by atoms with Crippen molar-refractivity contribution in [1.82, 2.24) is 30.0 Å². The minimum atomic E-state index is 0.0377. The van der Waals surface area contributed by atoms with Crippen molar-refractivity contribution in [3.05, 3.63) is 35.7 Å². The Balaban J connectivity index is 1.38. The summed E-state index contributed by atoms with van der Waals surface area (Å²) in [5.74, 6) is 1.36. The second-order valence-corrected chi connectivity index (χ2v) is 9.20. The van der Waals surface area contributed by atoms with Crippen LogP contribution in [0, 0.1) is 0 Å². The van der Waals surface area contributed by atoms with E-state index >= 15 is 0 Å². The summed E-state index contributed by atoms with van der Waals surface area (Å²) in [6.07, 6.45) is 8.48. The van der Waals surface area contributed by atoms with Crippen molar-refractivity contribution in [2.75, 3.05) is 26.0 Å². The van der Waals surface area contributed by atoms with E-state index in [1.807, 2.05) is 17.1 Å². The summed E-state index contributed by atoms with van der Waals surface area (Å²) in [6.45, 7) is 3.55. The number of nitrogens with zero attached hydrogens (tertiary/aromatic N) is 5. The highest BCUT2D eigenvalue weighted by atomic mass is 16.5. The molecule has 0 unspecified atom stereocenters. The number of amides is 1. The fraction of sp³-hybridized carbons (Fsp3) is 0.500. The maximum absolute atomic E-state index is 11.4. The summed E-state index contributed by atoms with van der Waals surface area (Å²) in [5.41, 5.74) is 4.33. The first-order chi connectivity index (χ1) is 16.0. The smallest absolute Gasteiger partial charge is 0.229 e. The van der Waals surface area contributed by atoms with Crippen molar-refractivity contribution < 1.29 is 9.53 Å². The molecule has 3 heterocycles. The fourth-order valence-electron chi connectivity index (χ4n) is 5.03. The van der Waals surface area contributed by atoms with Crippen LogP contribution in [0.2, 0.25) is 0 Å². The van der Waals surface area contributed by atoms with Crippen molar-refractivity contribution in [3.8, 4) is 5.75 Å². The molecule has 3 aromatic rings. The lowest BCUT2D eigenvalue weighted by atomic mass is 9.91. The third kappa shape index (κ3) is 4.50. The molecule has 0 radical (unpaired) electrons. The third-order valence-corrected chi connectivity index (χ3v) is 6.76. The van der Waals surface area contributed by atoms with Gasteiger partial charge in [-0.15, -0.1) is 0 Å². The largest absolute Gasteiger partial charge is 0.495 e. The first-order valence-electron chi connectivity index (χ1n) is 11.6. The van der Waals surface area contributed by atoms with Gasteiger partial charge in [0.2, 0.25) is 11.9 Å². The molecular formula is C24H31N7O2. The number of likely N-dealkylation sites (N-methyl/N-ethyl adjacent to an activating group) is 1. The molecule has 174 valence electrons. The maximum atomic E-state index is 11.4. The molecule has 1 fully saturated rings. The van der Waals surface area contributed by atoms with Gasteiger partial charge in [0.1, 0.15) is 5.75 Å². The number of hydrogen-bond acceptors (Lipinski definition) is 7. The average Bonchev–Trinajstić information content (AvgIpc) is 3.22. The van der Waals surface area contributed by atoms with E-state index in [4.69, 9.17) is 9.72 Å². The first kappa shape index (κ1) is 21.6. The van der Waals surface area contributed by atoms with Crippen LogP contribution in [0.3, 0.4) is 0 Å². The normalized spacial score (nSPS) is 20.9. The van der Waals surface area contributed by atoms with E-state index in [1.54, 1.807) is 14.0 Å². The predicted molar refractivity (Wildman–Crippen MR) is 127 cm³/mol. The van der Waals surface area contributed by atoms with Gasteiger partial charge < -0.3 is 20.3 Å². The predicted octanol–water partition coefficient (Wildman–Crippen LogP) is 3.19. The molecule has 2 N–H and O–H groups in total. The summed E-state index contributed by atoms with van der Waals surface area (Å²) in [5, 5.41) is 12.0. The molecule has 1 amide bonds. The number of carbonyl (C=O) groups excluding carboxylic acids is 1. The van der Waals surface area contributed by atoms with Gasteiger partial charge in [0.05, 0.1) is 30.4 Å². The van der Waals surface area contributed by atoms with Crippen LogP contribution < -0.4 is 15.4 Å². The molecule has 9 heteroatoms. The molecule has 0 saturated heterocycles. The zero-order chi connectivity index (χ0) is 22.9. The van der Waals surface area contributed by atoms with Gasteiger partial charge in [0.25, 0.3) is 0 Å². The topological polar surface area (TPSA) is 97.2 Å². The van der Waals surface area contributed by atoms with Gasteiger partial charge in [-0.05, 0) is 62.4 Å². The van der Waals surface area contributed by atoms with Crippen molar-refractivity contribution in [1.29, 1.82) is 0 Å². The Hall–Kier alpha value is -3.20. The Labute approximate surface area is 193 Å². The van der Waals surface area contributed by atoms with Crippen LogP contribution in [0.15, 0.2) is 24.5 Å². The second-order valence-electron chi connectivity index (χ2n) is 9.20. The number of methoxy groups -OCH3 is 1. The summed E-state index contributed by atoms with van der Waals surface area (Å²) in [6, 6.07) is 4.80. The zero-order valence-electron chi connectivity index (χ0n) is 19.5. The van der Waals surface area contributed by atoms with E-state index in [0.717, 1.165) is 67.7 Å². The highest BCUT2D eigenvalue weighted by molar-refractivity contribution is 5.76. The lowest BCUT2D eigenvalue weighted by Gasteiger charge is -2.29. The SMILES string of the molecule is COc1cc2c(cc1Nc1ncc3cnn(C4CCC(NC(C)=O)CC4)c3n1)CN(C)CC2. The number of ether oxygens (including phenoxy) is 1. The molecule has 5 rings (SSSR count). The van der Waals surface area contributed by atoms with Gasteiger partial charge in [-0.2, -0.15) is 10.1 Å². The second kappa shape index (κ2) is 8.97. The molecule has 9 nitrogen and oxygen atoms in total. The van der Waals surface area contributed by atoms with Crippen molar-refractivity contribution in [2.45, 2.75) is 57.7 Å². The number of benzene rings is 1. The lowest BCUT2D eigenvalue weighted by Crippen LogP contribution is -2.36. The highest BCUT2D eigenvalue weighted by Crippen LogP contribution is 2.34. The van der Waals surface area contributed by atoms with Gasteiger partial charge in [-0.25, -0.2) is 9.67 Å². The van der Waals surface area contributed by atoms with Gasteiger partial charge in [-0.1, -0.05) is 0 Å². The molecular weight excluding hydrogens is 418 g/mol. The molecule has 1 saturated carbocycles. The van der Waals surface area contributed by atoms with E-state index in [9.17, 15) is 4.79 Å². The van der Waals surface area contributed by atoms with Crippen LogP contribution in [0.5, 0.6) is 5.75 Å². The van der Waals surface area contributed by atoms with E-state index in [0.29, 0.717) is 5.95 Å². The summed E-state index contributed by atoms with van der Waals surface area (Å²) >= 11 is 0. The Morgan fingerprint density at radius 3 is 2.73 bits per heavy atom. The lowest BCUT2D eigenvalue weighted by molar-refractivity contribution is -0.119. The molecule has 0 bridgehead atoms. The van der Waals surface area contributed by atoms with Crippen LogP contribution in [0.4, 0.5) is 11.6 Å². The van der Waals surface area contributed by atoms with Crippen LogP contribution >= 0.6 is 0 Å². The van der Waals surface area contributed by atoms with Crippen LogP contribution in [-0.2, 0) is 17.8 Å². The molecule has 1 aromatic carbocycles. The average molecular weight is 450 g/mol. The minimum absolute atomic E-state index is 0.0377. The van der Waals surface area contributed by atoms with Crippen molar-refractivity contribution >= 4 is 28.6 Å². The molecule has 0 spiro atoms. The zero-order valence-corrected chi connectivity index (χ0v) is 19.5. The van der Waals surface area contributed by atoms with Crippen molar-refractivity contribution in [3.63, 3.8) is 0 Å². The molecule has 0 atom stereocenters. The molecule has 2 aliphatic rings. The van der Waals surface area contributed by atoms with Crippen molar-refractivity contribution in [2.24, 2.45) is 0 Å². The molecule has 1 aliphatic heterocycles. The van der Waals surface area contributed by atoms with Crippen LogP contribution in [0.1, 0.15) is 49.8 Å². The number of nitrogens with one attached hydrogen (secondary N) is 2. The third-order valence-electron chi connectivity index (χ3n) is 6.76. The molecule has 1 aliphatic carbocycles. The summed E-state index contributed by atoms with van der Waals surface area (Å²) in [4.78, 5) is 23.0. The monoisotopic (exact) mass is 449 g/mol. The number of fused-ring (bicyclic) bond motifs is 2. The highest BCUT2D eigenvalue weighted by Gasteiger charge is 2.25. The Morgan fingerprint density at radius 1 is 1.15 bits per heavy atom. The number of hydrogen-bond donors (Lipinski definition) is 2. The molecule has 2 aromatic heterocycles. The Kier molecular flexibility index (Phi) is 5.88. The molecule has 33 heavy (non-hydrogen) atoms. The van der Waals surface area contributed by atoms with Crippen LogP contribution in [0.25, 0.3) is 11.0 Å². The van der Waals surface area contributed by atoms with E-state index in [1.165, 1.54) is 11.1 Å². The standard InChI is InChI=1S/C24H31N7O2/c1-15(32)27-19-4-6-20(7-5-19)31-23-18(13-26-31)12-25-24(29-23)28-21-10-17-14-30(2)9-8-16(17)11-22(21)33-3/h10-13,19-20H,4-9,14H2,1-3H3,(H,27,32)(H,25,28,29). The number of anilines is 2. The number of rotatable bonds is 5. The number of carbonyl (C=O) groups is 1. The van der Waals surface area contributed by atoms with Gasteiger partial charge in [-0.3, -0.25) is 4.79 Å². The van der Waals surface area contributed by atoms with Gasteiger partial charge >= 0.3 is 0 Å². The minimum Gasteiger partial charge on any atom is -0.495 e. The van der Waals surface area contributed by atoms with E-state index in [2.05, 4.69) is 44.8 Å². The Bertz CT molecular complexity index is 1170.